The first kappa shape index (κ1) is 23.9. The van der Waals surface area contributed by atoms with Crippen LogP contribution in [0.2, 0.25) is 0 Å². The zero-order chi connectivity index (χ0) is 28.0. The lowest BCUT2D eigenvalue weighted by atomic mass is 9.79. The summed E-state index contributed by atoms with van der Waals surface area (Å²) in [5, 5.41) is 8.84. The second kappa shape index (κ2) is 8.61. The SMILES string of the molecule is CC1(C)c2cc(-c3ccc4ccc5ccc6nc(-c7ccccc7)sc6c5c4c3)ccc2-c2ccc3ccccc3c21. The Balaban J connectivity index is 1.23. The van der Waals surface area contributed by atoms with Crippen LogP contribution >= 0.6 is 11.3 Å². The van der Waals surface area contributed by atoms with Gasteiger partial charge in [0.05, 0.1) is 10.2 Å². The molecule has 0 saturated carbocycles. The average Bonchev–Trinajstić information content (AvgIpc) is 3.58. The summed E-state index contributed by atoms with van der Waals surface area (Å²) in [6.07, 6.45) is 0. The third kappa shape index (κ3) is 3.33. The van der Waals surface area contributed by atoms with Crippen LogP contribution < -0.4 is 0 Å². The number of fused-ring (bicyclic) bond motifs is 10. The summed E-state index contributed by atoms with van der Waals surface area (Å²) in [6, 6.07) is 46.8. The van der Waals surface area contributed by atoms with Gasteiger partial charge < -0.3 is 0 Å². The molecule has 0 aliphatic heterocycles. The van der Waals surface area contributed by atoms with Crippen molar-refractivity contribution in [3.05, 3.63) is 139 Å². The fraction of sp³-hybridized carbons (Fsp3) is 0.0750. The van der Waals surface area contributed by atoms with Crippen LogP contribution in [0.5, 0.6) is 0 Å². The maximum atomic E-state index is 5.04. The minimum atomic E-state index is -0.0757. The van der Waals surface area contributed by atoms with Crippen molar-refractivity contribution in [1.82, 2.24) is 4.98 Å². The standard InChI is InChI=1S/C40H27NS/c1-40(2)34-23-29(17-19-31(34)32-20-16-24-8-6-7-11-30(24)37(32)40)28-15-13-25-12-14-26-18-21-35-38(36(26)33(25)22-28)42-39(41-35)27-9-4-3-5-10-27/h3-23H,1-2H3. The Morgan fingerprint density at radius 1 is 0.548 bits per heavy atom. The number of aromatic nitrogens is 1. The molecule has 1 heterocycles. The second-order valence-corrected chi connectivity index (χ2v) is 13.0. The average molecular weight is 554 g/mol. The number of benzene rings is 7. The minimum Gasteiger partial charge on any atom is -0.236 e. The van der Waals surface area contributed by atoms with Crippen molar-refractivity contribution in [2.75, 3.05) is 0 Å². The van der Waals surface area contributed by atoms with Gasteiger partial charge in [-0.25, -0.2) is 4.98 Å². The van der Waals surface area contributed by atoms with Gasteiger partial charge in [0.15, 0.2) is 0 Å². The topological polar surface area (TPSA) is 12.9 Å². The van der Waals surface area contributed by atoms with E-state index in [4.69, 9.17) is 4.98 Å². The molecule has 7 aromatic carbocycles. The lowest BCUT2D eigenvalue weighted by Gasteiger charge is -2.23. The van der Waals surface area contributed by atoms with E-state index in [9.17, 15) is 0 Å². The number of rotatable bonds is 2. The molecule has 198 valence electrons. The van der Waals surface area contributed by atoms with Crippen LogP contribution in [0, 0.1) is 0 Å². The van der Waals surface area contributed by atoms with Gasteiger partial charge in [0.1, 0.15) is 5.01 Å². The Morgan fingerprint density at radius 2 is 1.21 bits per heavy atom. The van der Waals surface area contributed by atoms with Gasteiger partial charge in [0.2, 0.25) is 0 Å². The summed E-state index contributed by atoms with van der Waals surface area (Å²) in [5.41, 5.74) is 10.2. The van der Waals surface area contributed by atoms with Crippen LogP contribution in [0.4, 0.5) is 0 Å². The Kier molecular flexibility index (Phi) is 4.89. The number of nitrogens with zero attached hydrogens (tertiary/aromatic N) is 1. The molecule has 0 fully saturated rings. The highest BCUT2D eigenvalue weighted by atomic mass is 32.1. The van der Waals surface area contributed by atoms with E-state index in [1.165, 1.54) is 76.0 Å². The van der Waals surface area contributed by atoms with Crippen LogP contribution in [0.1, 0.15) is 25.0 Å². The first-order valence-electron chi connectivity index (χ1n) is 14.6. The fourth-order valence-electron chi connectivity index (χ4n) is 7.19. The minimum absolute atomic E-state index is 0.0757. The Morgan fingerprint density at radius 3 is 2.12 bits per heavy atom. The fourth-order valence-corrected chi connectivity index (χ4v) is 8.32. The molecule has 0 radical (unpaired) electrons. The molecule has 0 atom stereocenters. The zero-order valence-corrected chi connectivity index (χ0v) is 24.3. The largest absolute Gasteiger partial charge is 0.236 e. The van der Waals surface area contributed by atoms with E-state index in [0.29, 0.717) is 0 Å². The van der Waals surface area contributed by atoms with Crippen LogP contribution in [0.3, 0.4) is 0 Å². The third-order valence-corrected chi connectivity index (χ3v) is 10.4. The Labute approximate surface area is 248 Å². The predicted octanol–water partition coefficient (Wildman–Crippen LogP) is 11.4. The molecule has 0 N–H and O–H groups in total. The number of hydrogen-bond acceptors (Lipinski definition) is 2. The first-order valence-corrected chi connectivity index (χ1v) is 15.4. The highest BCUT2D eigenvalue weighted by Gasteiger charge is 2.37. The molecular formula is C40H27NS. The summed E-state index contributed by atoms with van der Waals surface area (Å²) in [7, 11) is 0. The summed E-state index contributed by atoms with van der Waals surface area (Å²) >= 11 is 1.80. The van der Waals surface area contributed by atoms with Gasteiger partial charge in [-0.1, -0.05) is 123 Å². The van der Waals surface area contributed by atoms with Crippen molar-refractivity contribution in [3.8, 4) is 32.8 Å². The maximum Gasteiger partial charge on any atom is 0.124 e. The van der Waals surface area contributed by atoms with E-state index < -0.39 is 0 Å². The highest BCUT2D eigenvalue weighted by Crippen LogP contribution is 2.52. The van der Waals surface area contributed by atoms with Gasteiger partial charge >= 0.3 is 0 Å². The van der Waals surface area contributed by atoms with E-state index >= 15 is 0 Å². The van der Waals surface area contributed by atoms with Crippen molar-refractivity contribution in [2.45, 2.75) is 19.3 Å². The van der Waals surface area contributed by atoms with E-state index in [1.54, 1.807) is 11.3 Å². The van der Waals surface area contributed by atoms with Gasteiger partial charge in [-0.15, -0.1) is 11.3 Å². The Hall–Kier alpha value is -4.79. The molecule has 1 aromatic heterocycles. The van der Waals surface area contributed by atoms with Gasteiger partial charge in [0.25, 0.3) is 0 Å². The van der Waals surface area contributed by atoms with Crippen molar-refractivity contribution in [2.24, 2.45) is 0 Å². The summed E-state index contributed by atoms with van der Waals surface area (Å²) in [5.74, 6) is 0. The molecule has 1 nitrogen and oxygen atoms in total. The number of thiazole rings is 1. The molecule has 9 rings (SSSR count). The molecule has 0 spiro atoms. The molecule has 1 aliphatic rings. The monoisotopic (exact) mass is 553 g/mol. The zero-order valence-electron chi connectivity index (χ0n) is 23.5. The van der Waals surface area contributed by atoms with Crippen molar-refractivity contribution in [1.29, 1.82) is 0 Å². The van der Waals surface area contributed by atoms with Crippen molar-refractivity contribution < 1.29 is 0 Å². The molecule has 0 saturated heterocycles. The second-order valence-electron chi connectivity index (χ2n) is 12.0. The van der Waals surface area contributed by atoms with Crippen LogP contribution in [-0.2, 0) is 5.41 Å². The molecular weight excluding hydrogens is 527 g/mol. The van der Waals surface area contributed by atoms with E-state index in [2.05, 4.69) is 141 Å². The normalized spacial score (nSPS) is 13.7. The van der Waals surface area contributed by atoms with Crippen molar-refractivity contribution >= 4 is 53.9 Å². The highest BCUT2D eigenvalue weighted by molar-refractivity contribution is 7.22. The van der Waals surface area contributed by atoms with E-state index in [-0.39, 0.29) is 5.41 Å². The molecule has 0 bridgehead atoms. The van der Waals surface area contributed by atoms with E-state index in [0.717, 1.165) is 10.5 Å². The van der Waals surface area contributed by atoms with Crippen molar-refractivity contribution in [3.63, 3.8) is 0 Å². The van der Waals surface area contributed by atoms with Gasteiger partial charge in [-0.2, -0.15) is 0 Å². The predicted molar refractivity (Wildman–Crippen MR) is 181 cm³/mol. The maximum absolute atomic E-state index is 5.04. The molecule has 1 aliphatic carbocycles. The molecule has 0 unspecified atom stereocenters. The smallest absolute Gasteiger partial charge is 0.124 e. The summed E-state index contributed by atoms with van der Waals surface area (Å²) in [6.45, 7) is 4.76. The number of hydrogen-bond donors (Lipinski definition) is 0. The van der Waals surface area contributed by atoms with Gasteiger partial charge in [-0.05, 0) is 78.5 Å². The van der Waals surface area contributed by atoms with Crippen LogP contribution in [0.25, 0.3) is 75.4 Å². The molecule has 8 aromatic rings. The first-order chi connectivity index (χ1) is 20.6. The lowest BCUT2D eigenvalue weighted by molar-refractivity contribution is 0.666. The third-order valence-electron chi connectivity index (χ3n) is 9.25. The Bertz CT molecular complexity index is 2380. The van der Waals surface area contributed by atoms with Crippen LogP contribution in [-0.4, -0.2) is 4.98 Å². The lowest BCUT2D eigenvalue weighted by Crippen LogP contribution is -2.15. The summed E-state index contributed by atoms with van der Waals surface area (Å²) in [4.78, 5) is 5.04. The van der Waals surface area contributed by atoms with Crippen LogP contribution in [0.15, 0.2) is 127 Å². The van der Waals surface area contributed by atoms with Gasteiger partial charge in [0, 0.05) is 16.4 Å². The quantitative estimate of drug-likeness (QED) is 0.194. The molecule has 2 heteroatoms. The molecule has 42 heavy (non-hydrogen) atoms. The van der Waals surface area contributed by atoms with Gasteiger partial charge in [-0.3, -0.25) is 0 Å². The molecule has 0 amide bonds. The summed E-state index contributed by atoms with van der Waals surface area (Å²) < 4.78 is 1.26. The van der Waals surface area contributed by atoms with E-state index in [1.807, 2.05) is 0 Å².